The van der Waals surface area contributed by atoms with Crippen molar-refractivity contribution < 1.29 is 28.2 Å². The molecule has 1 saturated heterocycles. The van der Waals surface area contributed by atoms with Crippen LogP contribution in [0, 0.1) is 12.3 Å². The van der Waals surface area contributed by atoms with E-state index >= 15 is 0 Å². The molecule has 3 rings (SSSR count). The van der Waals surface area contributed by atoms with E-state index in [0.717, 1.165) is 0 Å². The van der Waals surface area contributed by atoms with E-state index in [0.29, 0.717) is 0 Å². The van der Waals surface area contributed by atoms with Crippen LogP contribution in [0.15, 0.2) is 11.1 Å². The van der Waals surface area contributed by atoms with E-state index in [1.54, 1.807) is 13.8 Å². The number of terminal acetylenes is 1. The topological polar surface area (TPSA) is 164 Å². The van der Waals surface area contributed by atoms with Crippen LogP contribution in [0.1, 0.15) is 33.9 Å². The first kappa shape index (κ1) is 24.4. The Morgan fingerprint density at radius 3 is 2.75 bits per heavy atom. The van der Waals surface area contributed by atoms with Gasteiger partial charge < -0.3 is 24.8 Å². The Morgan fingerprint density at radius 1 is 1.41 bits per heavy atom. The van der Waals surface area contributed by atoms with Crippen molar-refractivity contribution in [1.29, 1.82) is 0 Å². The third kappa shape index (κ3) is 5.04. The summed E-state index contributed by atoms with van der Waals surface area (Å²) >= 11 is 0. The summed E-state index contributed by atoms with van der Waals surface area (Å²) in [6.07, 6.45) is 2.98. The van der Waals surface area contributed by atoms with E-state index in [1.165, 1.54) is 10.9 Å². The number of aromatic nitrogens is 4. The van der Waals surface area contributed by atoms with Crippen LogP contribution in [0.2, 0.25) is 0 Å². The van der Waals surface area contributed by atoms with Crippen molar-refractivity contribution in [2.24, 2.45) is 0 Å². The molecule has 2 aromatic heterocycles. The predicted octanol–water partition coefficient (Wildman–Crippen LogP) is 1.02. The van der Waals surface area contributed by atoms with Gasteiger partial charge in [0.05, 0.1) is 24.7 Å². The fraction of sp³-hybridized carbons (Fsp3) is 0.632. The van der Waals surface area contributed by atoms with Crippen LogP contribution in [0.5, 0.6) is 0 Å². The van der Waals surface area contributed by atoms with Gasteiger partial charge in [-0.05, 0) is 13.8 Å². The standard InChI is InChI=1S/C19H28N5O7P/c1-6-7-28-15-14(31-32(26,27)11(4)5)12(8-29-10(2)3)30-18(15)24-9-21-13-16(24)22-19(20)23-17(13)25/h1,9-12,14-15,18H,7-8H2,2-5H3,(H,26,27)(H3,20,22,23,25)/t12-,14+,15?,18-/m1/s1. The molecule has 0 spiro atoms. The number of nitrogens with one attached hydrogen (secondary N) is 1. The monoisotopic (exact) mass is 469 g/mol. The average molecular weight is 469 g/mol. The smallest absolute Gasteiger partial charge is 0.331 e. The van der Waals surface area contributed by atoms with Crippen LogP contribution in [0.4, 0.5) is 5.95 Å². The molecule has 0 saturated carbocycles. The number of imidazole rings is 1. The van der Waals surface area contributed by atoms with E-state index in [2.05, 4.69) is 20.9 Å². The molecule has 176 valence electrons. The van der Waals surface area contributed by atoms with Crippen molar-refractivity contribution in [2.75, 3.05) is 18.9 Å². The molecule has 12 nitrogen and oxygen atoms in total. The van der Waals surface area contributed by atoms with Gasteiger partial charge in [-0.25, -0.2) is 4.98 Å². The lowest BCUT2D eigenvalue weighted by molar-refractivity contribution is -0.0785. The maximum absolute atomic E-state index is 12.7. The minimum atomic E-state index is -4.02. The molecule has 1 aliphatic rings. The number of hydrogen-bond acceptors (Lipinski definition) is 9. The molecule has 0 bridgehead atoms. The molecule has 2 aromatic rings. The summed E-state index contributed by atoms with van der Waals surface area (Å²) in [6, 6.07) is 0. The fourth-order valence-corrected chi connectivity index (χ4v) is 4.08. The first-order valence-corrected chi connectivity index (χ1v) is 11.7. The van der Waals surface area contributed by atoms with Crippen LogP contribution in [0.3, 0.4) is 0 Å². The van der Waals surface area contributed by atoms with Crippen molar-refractivity contribution >= 4 is 24.7 Å². The summed E-state index contributed by atoms with van der Waals surface area (Å²) in [6.45, 7) is 6.81. The molecule has 0 radical (unpaired) electrons. The maximum atomic E-state index is 12.7. The lowest BCUT2D eigenvalue weighted by Gasteiger charge is -2.27. The minimum absolute atomic E-state index is 0.0489. The third-order valence-corrected chi connectivity index (χ3v) is 6.74. The molecule has 0 amide bonds. The zero-order chi connectivity index (χ0) is 23.6. The molecule has 0 aliphatic carbocycles. The number of H-pyrrole nitrogens is 1. The largest absolute Gasteiger partial charge is 0.376 e. The molecular weight excluding hydrogens is 441 g/mol. The number of rotatable bonds is 9. The summed E-state index contributed by atoms with van der Waals surface area (Å²) in [5.41, 5.74) is 4.73. The Morgan fingerprint density at radius 2 is 2.12 bits per heavy atom. The zero-order valence-corrected chi connectivity index (χ0v) is 19.2. The van der Waals surface area contributed by atoms with E-state index in [9.17, 15) is 14.3 Å². The molecule has 2 unspecified atom stereocenters. The predicted molar refractivity (Wildman–Crippen MR) is 116 cm³/mol. The van der Waals surface area contributed by atoms with Gasteiger partial charge in [-0.15, -0.1) is 6.42 Å². The van der Waals surface area contributed by atoms with E-state index in [4.69, 9.17) is 30.9 Å². The molecule has 1 fully saturated rings. The SMILES string of the molecule is C#CCOC1[C@@H](OP(=O)(O)C(C)C)[C@@H](COC(C)C)O[C@H]1n1cnc2c(=O)[nH]c(N)nc21. The van der Waals surface area contributed by atoms with Crippen molar-refractivity contribution in [3.8, 4) is 12.3 Å². The highest BCUT2D eigenvalue weighted by molar-refractivity contribution is 7.53. The van der Waals surface area contributed by atoms with Crippen molar-refractivity contribution in [2.45, 2.75) is 64.0 Å². The van der Waals surface area contributed by atoms with Crippen molar-refractivity contribution in [3.63, 3.8) is 0 Å². The van der Waals surface area contributed by atoms with Gasteiger partial charge in [0.25, 0.3) is 5.56 Å². The fourth-order valence-electron chi connectivity index (χ4n) is 3.23. The van der Waals surface area contributed by atoms with Gasteiger partial charge in [-0.2, -0.15) is 4.98 Å². The lowest BCUT2D eigenvalue weighted by atomic mass is 10.1. The van der Waals surface area contributed by atoms with Crippen LogP contribution in [0.25, 0.3) is 11.2 Å². The van der Waals surface area contributed by atoms with Crippen molar-refractivity contribution in [1.82, 2.24) is 19.5 Å². The number of nitrogen functional groups attached to an aromatic ring is 1. The zero-order valence-electron chi connectivity index (χ0n) is 18.3. The quantitative estimate of drug-likeness (QED) is 0.357. The Bertz CT molecular complexity index is 1090. The molecule has 3 heterocycles. The number of anilines is 1. The second-order valence-corrected chi connectivity index (χ2v) is 10.3. The molecule has 0 aromatic carbocycles. The molecule has 1 aliphatic heterocycles. The minimum Gasteiger partial charge on any atom is -0.376 e. The Labute approximate surface area is 185 Å². The molecule has 5 atom stereocenters. The Balaban J connectivity index is 2.05. The first-order valence-electron chi connectivity index (χ1n) is 10.1. The van der Waals surface area contributed by atoms with E-state index < -0.39 is 43.4 Å². The van der Waals surface area contributed by atoms with Crippen molar-refractivity contribution in [3.05, 3.63) is 16.7 Å². The molecule has 32 heavy (non-hydrogen) atoms. The van der Waals surface area contributed by atoms with Gasteiger partial charge in [0.15, 0.2) is 17.4 Å². The highest BCUT2D eigenvalue weighted by Crippen LogP contribution is 2.51. The lowest BCUT2D eigenvalue weighted by Crippen LogP contribution is -2.38. The summed E-state index contributed by atoms with van der Waals surface area (Å²) in [7, 11) is -4.02. The van der Waals surface area contributed by atoms with E-state index in [-0.39, 0.29) is 36.4 Å². The molecule has 4 N–H and O–H groups in total. The molecular formula is C19H28N5O7P. The van der Waals surface area contributed by atoms with Gasteiger partial charge in [0.2, 0.25) is 5.95 Å². The highest BCUT2D eigenvalue weighted by atomic mass is 31.2. The van der Waals surface area contributed by atoms with E-state index in [1.807, 2.05) is 13.8 Å². The number of nitrogens with zero attached hydrogens (tertiary/aromatic N) is 3. The second-order valence-electron chi connectivity index (χ2n) is 7.93. The number of fused-ring (bicyclic) bond motifs is 1. The van der Waals surface area contributed by atoms with Gasteiger partial charge in [-0.3, -0.25) is 23.4 Å². The number of ether oxygens (including phenoxy) is 3. The van der Waals surface area contributed by atoms with Crippen LogP contribution < -0.4 is 11.3 Å². The third-order valence-electron chi connectivity index (χ3n) is 4.89. The second kappa shape index (κ2) is 9.70. The summed E-state index contributed by atoms with van der Waals surface area (Å²) in [5.74, 6) is 2.27. The van der Waals surface area contributed by atoms with Crippen LogP contribution in [-0.4, -0.2) is 67.7 Å². The van der Waals surface area contributed by atoms with Crippen LogP contribution >= 0.6 is 7.60 Å². The summed E-state index contributed by atoms with van der Waals surface area (Å²) < 4.78 is 37.5. The average Bonchev–Trinajstić information content (AvgIpc) is 3.25. The summed E-state index contributed by atoms with van der Waals surface area (Å²) in [5, 5.41) is 0. The Kier molecular flexibility index (Phi) is 7.39. The normalized spacial score (nSPS) is 25.4. The van der Waals surface area contributed by atoms with Gasteiger partial charge in [-0.1, -0.05) is 19.8 Å². The molecule has 13 heteroatoms. The summed E-state index contributed by atoms with van der Waals surface area (Å²) in [4.78, 5) is 33.2. The van der Waals surface area contributed by atoms with Crippen LogP contribution in [-0.2, 0) is 23.3 Å². The highest BCUT2D eigenvalue weighted by Gasteiger charge is 2.51. The van der Waals surface area contributed by atoms with Gasteiger partial charge in [0, 0.05) is 0 Å². The number of nitrogens with two attached hydrogens (primary N) is 1. The number of hydrogen-bond donors (Lipinski definition) is 3. The Hall–Kier alpha value is -2.26. The number of aromatic amines is 1. The maximum Gasteiger partial charge on any atom is 0.331 e. The van der Waals surface area contributed by atoms with Gasteiger partial charge >= 0.3 is 7.60 Å². The first-order chi connectivity index (χ1) is 15.0. The van der Waals surface area contributed by atoms with Gasteiger partial charge in [0.1, 0.15) is 24.9 Å².